The number of benzene rings is 1. The molecule has 46 heavy (non-hydrogen) atoms. The Morgan fingerprint density at radius 3 is 2.41 bits per heavy atom. The number of nitrogens with zero attached hydrogens (tertiary/aromatic N) is 1. The monoisotopic (exact) mass is 665 g/mol. The normalized spacial score (nSPS) is 40.0. The number of methoxy groups -OCH3 is 1. The van der Waals surface area contributed by atoms with Crippen molar-refractivity contribution in [3.63, 3.8) is 0 Å². The number of sulfonamides is 1. The lowest BCUT2D eigenvalue weighted by Crippen LogP contribution is -2.67. The number of ether oxygens (including phenoxy) is 1. The van der Waals surface area contributed by atoms with E-state index >= 15 is 0 Å². The summed E-state index contributed by atoms with van der Waals surface area (Å²) in [6.07, 6.45) is 6.56. The van der Waals surface area contributed by atoms with Crippen LogP contribution in [0.4, 0.5) is 13.2 Å². The predicted molar refractivity (Wildman–Crippen MR) is 167 cm³/mol. The number of aliphatic hydroxyl groups is 2. The predicted octanol–water partition coefficient (Wildman–Crippen LogP) is 5.78. The first-order chi connectivity index (χ1) is 21.4. The number of carbonyl (C=O) groups is 1. The number of allylic oxidation sites excluding steroid dienone is 4. The molecule has 8 unspecified atom stereocenters. The van der Waals surface area contributed by atoms with Gasteiger partial charge in [-0.1, -0.05) is 44.2 Å². The molecule has 0 heterocycles. The van der Waals surface area contributed by atoms with Crippen LogP contribution in [0.2, 0.25) is 0 Å². The highest BCUT2D eigenvalue weighted by atomic mass is 32.2. The molecule has 2 N–H and O–H groups in total. The number of hydrogen-bond acceptors (Lipinski definition) is 6. The van der Waals surface area contributed by atoms with Crippen molar-refractivity contribution in [1.29, 1.82) is 0 Å². The van der Waals surface area contributed by atoms with E-state index in [2.05, 4.69) is 19.1 Å². The average molecular weight is 666 g/mol. The van der Waals surface area contributed by atoms with Crippen molar-refractivity contribution in [2.75, 3.05) is 33.1 Å². The third-order valence-electron chi connectivity index (χ3n) is 13.1. The van der Waals surface area contributed by atoms with Crippen LogP contribution in [0.15, 0.2) is 48.1 Å². The quantitative estimate of drug-likeness (QED) is 0.197. The van der Waals surface area contributed by atoms with Crippen molar-refractivity contribution < 1.29 is 41.3 Å². The van der Waals surface area contributed by atoms with E-state index in [0.717, 1.165) is 24.8 Å². The first-order valence-electron chi connectivity index (χ1n) is 16.4. The molecule has 8 atom stereocenters. The van der Waals surface area contributed by atoms with E-state index < -0.39 is 55.5 Å². The van der Waals surface area contributed by atoms with Gasteiger partial charge in [0.15, 0.2) is 5.78 Å². The largest absolute Gasteiger partial charge is 0.416 e. The zero-order valence-corrected chi connectivity index (χ0v) is 27.9. The van der Waals surface area contributed by atoms with Gasteiger partial charge in [-0.25, -0.2) is 8.42 Å². The number of rotatable bonds is 9. The lowest BCUT2D eigenvalue weighted by Gasteiger charge is -2.71. The van der Waals surface area contributed by atoms with Crippen LogP contribution in [-0.2, 0) is 20.9 Å². The smallest absolute Gasteiger partial charge is 0.393 e. The highest BCUT2D eigenvalue weighted by molar-refractivity contribution is 7.88. The van der Waals surface area contributed by atoms with Crippen LogP contribution >= 0.6 is 0 Å². The van der Waals surface area contributed by atoms with E-state index in [9.17, 15) is 36.6 Å². The topological polar surface area (TPSA) is 104 Å². The third-order valence-corrected chi connectivity index (χ3v) is 14.3. The van der Waals surface area contributed by atoms with Gasteiger partial charge in [0.25, 0.3) is 0 Å². The molecule has 3 fully saturated rings. The average Bonchev–Trinajstić information content (AvgIpc) is 3.25. The van der Waals surface area contributed by atoms with E-state index in [-0.39, 0.29) is 35.9 Å². The molecule has 1 aromatic carbocycles. The summed E-state index contributed by atoms with van der Waals surface area (Å²) in [6, 6.07) is 4.57. The summed E-state index contributed by atoms with van der Waals surface area (Å²) >= 11 is 0. The number of ketones is 1. The molecule has 0 aliphatic heterocycles. The van der Waals surface area contributed by atoms with Gasteiger partial charge in [-0.15, -0.1) is 0 Å². The zero-order chi connectivity index (χ0) is 33.6. The Kier molecular flexibility index (Phi) is 8.08. The molecule has 6 aliphatic carbocycles. The second-order valence-corrected chi connectivity index (χ2v) is 17.1. The molecule has 7 rings (SSSR count). The lowest BCUT2D eigenvalue weighted by atomic mass is 9.32. The number of Topliss-reactive ketones (excluding diaryl/α,β-unsaturated/α-hetero) is 1. The molecule has 2 spiro atoms. The Morgan fingerprint density at radius 2 is 1.74 bits per heavy atom. The molecule has 6 aliphatic rings. The van der Waals surface area contributed by atoms with E-state index in [1.807, 2.05) is 13.0 Å². The van der Waals surface area contributed by atoms with E-state index in [1.54, 1.807) is 7.11 Å². The molecule has 3 saturated carbocycles. The highest BCUT2D eigenvalue weighted by Gasteiger charge is 2.74. The Bertz CT molecular complexity index is 1580. The van der Waals surface area contributed by atoms with E-state index in [1.165, 1.54) is 16.4 Å². The van der Waals surface area contributed by atoms with Crippen molar-refractivity contribution in [3.05, 3.63) is 59.2 Å². The van der Waals surface area contributed by atoms with Crippen LogP contribution in [0.1, 0.15) is 81.1 Å². The van der Waals surface area contributed by atoms with Crippen LogP contribution < -0.4 is 0 Å². The van der Waals surface area contributed by atoms with Gasteiger partial charge in [0.1, 0.15) is 0 Å². The van der Waals surface area contributed by atoms with Gasteiger partial charge in [0.2, 0.25) is 10.0 Å². The summed E-state index contributed by atoms with van der Waals surface area (Å²) in [6.45, 7) is 4.73. The number of hydrogen-bond donors (Lipinski definition) is 2. The molecule has 0 saturated heterocycles. The van der Waals surface area contributed by atoms with Crippen molar-refractivity contribution in [2.45, 2.75) is 83.1 Å². The third kappa shape index (κ3) is 4.81. The molecular formula is C35H46F3NO6S. The van der Waals surface area contributed by atoms with Crippen molar-refractivity contribution >= 4 is 15.8 Å². The standard InChI is InChI=1S/C35H46F3NO6S/c1-30-12-9-25(40)20-32(30)15-16-34(26(21-32)29(41)23-7-5-8-24(19-23)35(36,37)38)27(30)10-13-31(2)28(34)11-14-33(31,42)22-39(46(4,43)44)17-6-18-45-3/h5,7-8,15-16,19,21,25,27-28,40,42H,6,9-14,17-18,20,22H2,1-4H3. The summed E-state index contributed by atoms with van der Waals surface area (Å²) in [5, 5.41) is 23.4. The first kappa shape index (κ1) is 33.8. The SMILES string of the molecule is COCCCN(CC1(O)CCC2C34C=CC5(C=C3C(=O)c3cccc(C(F)(F)F)c3)CC(O)CCC5(C)C4CCC21C)S(C)(=O)=O. The van der Waals surface area contributed by atoms with Gasteiger partial charge in [-0.2, -0.15) is 17.5 Å². The van der Waals surface area contributed by atoms with Gasteiger partial charge >= 0.3 is 6.18 Å². The van der Waals surface area contributed by atoms with Gasteiger partial charge in [-0.05, 0) is 80.8 Å². The lowest BCUT2D eigenvalue weighted by molar-refractivity contribution is -0.173. The molecular weight excluding hydrogens is 619 g/mol. The Morgan fingerprint density at radius 1 is 1.07 bits per heavy atom. The van der Waals surface area contributed by atoms with Crippen molar-refractivity contribution in [2.24, 2.45) is 33.5 Å². The number of halogens is 3. The van der Waals surface area contributed by atoms with Gasteiger partial charge in [0.05, 0.1) is 23.5 Å². The van der Waals surface area contributed by atoms with E-state index in [4.69, 9.17) is 4.74 Å². The minimum Gasteiger partial charge on any atom is -0.393 e. The van der Waals surface area contributed by atoms with Crippen molar-refractivity contribution in [3.8, 4) is 0 Å². The second kappa shape index (κ2) is 11.0. The molecule has 1 aromatic rings. The zero-order valence-electron chi connectivity index (χ0n) is 27.1. The summed E-state index contributed by atoms with van der Waals surface area (Å²) < 4.78 is 73.6. The molecule has 7 nitrogen and oxygen atoms in total. The fraction of sp³-hybridized carbons (Fsp3) is 0.686. The molecule has 2 bridgehead atoms. The van der Waals surface area contributed by atoms with Crippen molar-refractivity contribution in [1.82, 2.24) is 4.31 Å². The minimum atomic E-state index is -4.61. The molecule has 254 valence electrons. The maximum Gasteiger partial charge on any atom is 0.416 e. The number of carbonyl (C=O) groups excluding carboxylic acids is 1. The second-order valence-electron chi connectivity index (χ2n) is 15.2. The summed E-state index contributed by atoms with van der Waals surface area (Å²) in [5.41, 5.74) is -4.45. The Labute approximate surface area is 269 Å². The van der Waals surface area contributed by atoms with E-state index in [0.29, 0.717) is 57.1 Å². The first-order valence-corrected chi connectivity index (χ1v) is 18.2. The van der Waals surface area contributed by atoms with Crippen LogP contribution in [0.25, 0.3) is 0 Å². The Hall–Kier alpha value is -2.05. The maximum absolute atomic E-state index is 14.6. The summed E-state index contributed by atoms with van der Waals surface area (Å²) in [5.74, 6) is -0.761. The number of alkyl halides is 3. The summed E-state index contributed by atoms with van der Waals surface area (Å²) in [4.78, 5) is 14.6. The maximum atomic E-state index is 14.6. The Balaban J connectivity index is 1.47. The molecule has 0 aromatic heterocycles. The molecule has 11 heteroatoms. The van der Waals surface area contributed by atoms with Gasteiger partial charge in [-0.3, -0.25) is 4.79 Å². The van der Waals surface area contributed by atoms with Gasteiger partial charge < -0.3 is 14.9 Å². The van der Waals surface area contributed by atoms with Crippen LogP contribution in [0, 0.1) is 33.5 Å². The number of fused-ring (bicyclic) bond motifs is 1. The van der Waals surface area contributed by atoms with Crippen LogP contribution in [0.5, 0.6) is 0 Å². The highest BCUT2D eigenvalue weighted by Crippen LogP contribution is 2.78. The van der Waals surface area contributed by atoms with Crippen LogP contribution in [-0.4, -0.2) is 73.5 Å². The fourth-order valence-corrected chi connectivity index (χ4v) is 11.5. The molecule has 0 amide bonds. The minimum absolute atomic E-state index is 0.0356. The number of aliphatic hydroxyl groups excluding tert-OH is 1. The van der Waals surface area contributed by atoms with Gasteiger partial charge in [0, 0.05) is 54.2 Å². The fourth-order valence-electron chi connectivity index (χ4n) is 10.6. The molecule has 0 radical (unpaired) electrons. The van der Waals surface area contributed by atoms with Crippen LogP contribution in [0.3, 0.4) is 0 Å². The summed E-state index contributed by atoms with van der Waals surface area (Å²) in [7, 11) is -2.11.